The summed E-state index contributed by atoms with van der Waals surface area (Å²) in [6.45, 7) is 1.31. The van der Waals surface area contributed by atoms with E-state index in [-0.39, 0.29) is 6.10 Å². The predicted molar refractivity (Wildman–Crippen MR) is 32.5 cm³/mol. The van der Waals surface area contributed by atoms with Crippen LogP contribution in [0.1, 0.15) is 12.8 Å². The van der Waals surface area contributed by atoms with E-state index in [1.54, 1.807) is 11.3 Å². The van der Waals surface area contributed by atoms with E-state index in [0.717, 1.165) is 0 Å². The Labute approximate surface area is 54.3 Å². The smallest absolute Gasteiger partial charge is 0.312 e. The van der Waals surface area contributed by atoms with E-state index in [4.69, 9.17) is 5.11 Å². The molecule has 0 bridgehead atoms. The van der Waals surface area contributed by atoms with Gasteiger partial charge >= 0.3 is 6.41 Å². The Kier molecular flexibility index (Phi) is 2.05. The van der Waals surface area contributed by atoms with E-state index in [1.165, 1.54) is 0 Å². The standard InChI is InChI=1S/C6H10NO2/c8-5-7-3-1-6(9)2-4-7/h6,9H,1-4H2. The van der Waals surface area contributed by atoms with Crippen molar-refractivity contribution in [2.45, 2.75) is 18.9 Å². The van der Waals surface area contributed by atoms with Crippen LogP contribution in [0.3, 0.4) is 0 Å². The lowest BCUT2D eigenvalue weighted by molar-refractivity contribution is 0.108. The molecule has 1 N–H and O–H groups in total. The number of rotatable bonds is 1. The van der Waals surface area contributed by atoms with Crippen molar-refractivity contribution in [3.63, 3.8) is 0 Å². The molecule has 1 amide bonds. The molecule has 3 heteroatoms. The Morgan fingerprint density at radius 2 is 2.00 bits per heavy atom. The molecule has 0 atom stereocenters. The van der Waals surface area contributed by atoms with Gasteiger partial charge in [-0.1, -0.05) is 0 Å². The molecule has 0 unspecified atom stereocenters. The normalized spacial score (nSPS) is 22.1. The number of aliphatic hydroxyl groups excluding tert-OH is 1. The van der Waals surface area contributed by atoms with E-state index >= 15 is 0 Å². The van der Waals surface area contributed by atoms with Gasteiger partial charge in [-0.25, -0.2) is 0 Å². The molecule has 1 aliphatic rings. The van der Waals surface area contributed by atoms with E-state index in [9.17, 15) is 4.79 Å². The van der Waals surface area contributed by atoms with Gasteiger partial charge in [0.05, 0.1) is 6.10 Å². The molecule has 0 aliphatic carbocycles. The highest BCUT2D eigenvalue weighted by molar-refractivity contribution is 5.48. The molecule has 1 radical (unpaired) electrons. The summed E-state index contributed by atoms with van der Waals surface area (Å²) < 4.78 is 0. The van der Waals surface area contributed by atoms with Crippen LogP contribution < -0.4 is 0 Å². The van der Waals surface area contributed by atoms with Gasteiger partial charge in [0.15, 0.2) is 0 Å². The van der Waals surface area contributed by atoms with E-state index < -0.39 is 0 Å². The fraction of sp³-hybridized carbons (Fsp3) is 0.833. The second kappa shape index (κ2) is 2.82. The summed E-state index contributed by atoms with van der Waals surface area (Å²) >= 11 is 0. The van der Waals surface area contributed by atoms with Gasteiger partial charge < -0.3 is 10.0 Å². The van der Waals surface area contributed by atoms with Crippen LogP contribution in [0, 0.1) is 0 Å². The fourth-order valence-electron chi connectivity index (χ4n) is 0.957. The summed E-state index contributed by atoms with van der Waals surface area (Å²) in [6, 6.07) is 0. The molecular weight excluding hydrogens is 118 g/mol. The van der Waals surface area contributed by atoms with E-state index in [0.29, 0.717) is 25.9 Å². The maximum absolute atomic E-state index is 9.99. The van der Waals surface area contributed by atoms with Gasteiger partial charge in [-0.2, -0.15) is 0 Å². The van der Waals surface area contributed by atoms with Crippen molar-refractivity contribution >= 4 is 6.41 Å². The third kappa shape index (κ3) is 1.68. The molecule has 1 aliphatic heterocycles. The number of piperidine rings is 1. The van der Waals surface area contributed by atoms with Crippen molar-refractivity contribution in [2.24, 2.45) is 0 Å². The minimum atomic E-state index is -0.199. The van der Waals surface area contributed by atoms with Crippen LogP contribution >= 0.6 is 0 Å². The second-order valence-corrected chi connectivity index (χ2v) is 2.31. The highest BCUT2D eigenvalue weighted by Crippen LogP contribution is 2.06. The predicted octanol–water partition coefficient (Wildman–Crippen LogP) is -0.490. The largest absolute Gasteiger partial charge is 0.393 e. The molecule has 51 valence electrons. The Morgan fingerprint density at radius 3 is 2.44 bits per heavy atom. The van der Waals surface area contributed by atoms with Gasteiger partial charge in [0.2, 0.25) is 0 Å². The molecular formula is C6H10NO2. The summed E-state index contributed by atoms with van der Waals surface area (Å²) in [5.41, 5.74) is 0. The maximum atomic E-state index is 9.99. The van der Waals surface area contributed by atoms with Crippen molar-refractivity contribution in [3.8, 4) is 0 Å². The zero-order chi connectivity index (χ0) is 6.69. The molecule has 3 nitrogen and oxygen atoms in total. The molecule has 1 rings (SSSR count). The number of likely N-dealkylation sites (tertiary alicyclic amines) is 1. The maximum Gasteiger partial charge on any atom is 0.312 e. The molecule has 9 heavy (non-hydrogen) atoms. The van der Waals surface area contributed by atoms with Crippen LogP contribution in [0.4, 0.5) is 0 Å². The van der Waals surface area contributed by atoms with E-state index in [2.05, 4.69) is 0 Å². The van der Waals surface area contributed by atoms with Crippen LogP contribution in [0.2, 0.25) is 0 Å². The Morgan fingerprint density at radius 1 is 1.44 bits per heavy atom. The first-order chi connectivity index (χ1) is 4.33. The molecule has 1 fully saturated rings. The van der Waals surface area contributed by atoms with Crippen molar-refractivity contribution in [3.05, 3.63) is 0 Å². The lowest BCUT2D eigenvalue weighted by atomic mass is 10.1. The molecule has 0 saturated carbocycles. The minimum absolute atomic E-state index is 0.199. The third-order valence-corrected chi connectivity index (χ3v) is 1.59. The average molecular weight is 128 g/mol. The summed E-state index contributed by atoms with van der Waals surface area (Å²) in [5.74, 6) is 0. The van der Waals surface area contributed by atoms with Gasteiger partial charge in [0.1, 0.15) is 0 Å². The number of aliphatic hydroxyl groups is 1. The molecule has 0 aromatic carbocycles. The third-order valence-electron chi connectivity index (χ3n) is 1.59. The molecule has 0 spiro atoms. The average Bonchev–Trinajstić information content (AvgIpc) is 1.90. The quantitative estimate of drug-likeness (QED) is 0.517. The summed E-state index contributed by atoms with van der Waals surface area (Å²) in [5, 5.41) is 8.97. The minimum Gasteiger partial charge on any atom is -0.393 e. The highest BCUT2D eigenvalue weighted by Gasteiger charge is 2.14. The van der Waals surface area contributed by atoms with Gasteiger partial charge in [0, 0.05) is 13.1 Å². The number of hydrogen-bond acceptors (Lipinski definition) is 2. The van der Waals surface area contributed by atoms with Crippen molar-refractivity contribution < 1.29 is 9.90 Å². The summed E-state index contributed by atoms with van der Waals surface area (Å²) in [7, 11) is 0. The first kappa shape index (κ1) is 6.55. The van der Waals surface area contributed by atoms with Gasteiger partial charge in [-0.15, -0.1) is 0 Å². The monoisotopic (exact) mass is 128 g/mol. The first-order valence-corrected chi connectivity index (χ1v) is 3.13. The van der Waals surface area contributed by atoms with Crippen molar-refractivity contribution in [1.82, 2.24) is 4.90 Å². The number of carbonyl (C=O) groups excluding carboxylic acids is 1. The summed E-state index contributed by atoms with van der Waals surface area (Å²) in [4.78, 5) is 11.5. The highest BCUT2D eigenvalue weighted by atomic mass is 16.3. The van der Waals surface area contributed by atoms with Crippen LogP contribution in [0.5, 0.6) is 0 Å². The molecule has 1 saturated heterocycles. The van der Waals surface area contributed by atoms with Crippen LogP contribution in [0.25, 0.3) is 0 Å². The van der Waals surface area contributed by atoms with Gasteiger partial charge in [-0.3, -0.25) is 4.79 Å². The Balaban J connectivity index is 2.26. The fourth-order valence-corrected chi connectivity index (χ4v) is 0.957. The first-order valence-electron chi connectivity index (χ1n) is 3.13. The van der Waals surface area contributed by atoms with Crippen LogP contribution in [0.15, 0.2) is 0 Å². The van der Waals surface area contributed by atoms with E-state index in [1.807, 2.05) is 0 Å². The lowest BCUT2D eigenvalue weighted by Crippen LogP contribution is -2.34. The SMILES string of the molecule is O=[C]N1CCC(O)CC1. The van der Waals surface area contributed by atoms with Crippen molar-refractivity contribution in [1.29, 1.82) is 0 Å². The number of hydrogen-bond donors (Lipinski definition) is 1. The zero-order valence-corrected chi connectivity index (χ0v) is 5.21. The molecule has 0 aromatic rings. The zero-order valence-electron chi connectivity index (χ0n) is 5.21. The molecule has 0 aromatic heterocycles. The van der Waals surface area contributed by atoms with Crippen LogP contribution in [-0.4, -0.2) is 35.6 Å². The summed E-state index contributed by atoms with van der Waals surface area (Å²) in [6.07, 6.45) is 3.00. The van der Waals surface area contributed by atoms with Crippen molar-refractivity contribution in [2.75, 3.05) is 13.1 Å². The number of amides is 1. The van der Waals surface area contributed by atoms with Crippen LogP contribution in [-0.2, 0) is 4.79 Å². The van der Waals surface area contributed by atoms with Gasteiger partial charge in [0.25, 0.3) is 0 Å². The molecule has 1 heterocycles. The van der Waals surface area contributed by atoms with Gasteiger partial charge in [-0.05, 0) is 12.8 Å². The number of nitrogens with zero attached hydrogens (tertiary/aromatic N) is 1. The Hall–Kier alpha value is -0.570. The Bertz CT molecular complexity index is 97.2. The second-order valence-electron chi connectivity index (χ2n) is 2.31. The lowest BCUT2D eigenvalue weighted by Gasteiger charge is -2.24. The topological polar surface area (TPSA) is 40.5 Å².